The number of carbonyl (C=O) groups excluding carboxylic acids is 2. The van der Waals surface area contributed by atoms with Crippen molar-refractivity contribution in [3.63, 3.8) is 0 Å². The van der Waals surface area contributed by atoms with Gasteiger partial charge in [0.05, 0.1) is 0 Å². The highest BCUT2D eigenvalue weighted by Gasteiger charge is 2.27. The molecule has 2 aromatic rings. The van der Waals surface area contributed by atoms with E-state index in [2.05, 4.69) is 36.5 Å². The van der Waals surface area contributed by atoms with Gasteiger partial charge in [-0.25, -0.2) is 4.79 Å². The number of benzene rings is 2. The van der Waals surface area contributed by atoms with Gasteiger partial charge in [0.1, 0.15) is 0 Å². The summed E-state index contributed by atoms with van der Waals surface area (Å²) in [6.07, 6.45) is 0.920. The van der Waals surface area contributed by atoms with Crippen molar-refractivity contribution in [1.29, 1.82) is 0 Å². The number of hydrogen-bond donors (Lipinski definition) is 1. The van der Waals surface area contributed by atoms with Crippen molar-refractivity contribution in [3.8, 4) is 0 Å². The molecule has 28 heavy (non-hydrogen) atoms. The molecule has 3 rings (SSSR count). The van der Waals surface area contributed by atoms with Gasteiger partial charge < -0.3 is 10.2 Å². The lowest BCUT2D eigenvalue weighted by Gasteiger charge is -2.35. The van der Waals surface area contributed by atoms with Gasteiger partial charge in [-0.1, -0.05) is 29.8 Å². The number of urea groups is 1. The predicted molar refractivity (Wildman–Crippen MR) is 113 cm³/mol. The molecule has 0 unspecified atom stereocenters. The maximum absolute atomic E-state index is 13.0. The molecular formula is C23H29N3O2. The van der Waals surface area contributed by atoms with Crippen LogP contribution in [0.5, 0.6) is 0 Å². The van der Waals surface area contributed by atoms with Crippen LogP contribution in [0.4, 0.5) is 10.5 Å². The lowest BCUT2D eigenvalue weighted by Crippen LogP contribution is -2.49. The molecule has 0 aromatic heterocycles. The molecule has 0 aliphatic carbocycles. The van der Waals surface area contributed by atoms with Crippen molar-refractivity contribution in [2.75, 3.05) is 18.0 Å². The van der Waals surface area contributed by atoms with Crippen LogP contribution in [0.3, 0.4) is 0 Å². The summed E-state index contributed by atoms with van der Waals surface area (Å²) < 4.78 is 0. The van der Waals surface area contributed by atoms with Crippen molar-refractivity contribution in [2.24, 2.45) is 0 Å². The Labute approximate surface area is 167 Å². The van der Waals surface area contributed by atoms with Gasteiger partial charge in [-0.15, -0.1) is 0 Å². The van der Waals surface area contributed by atoms with Crippen LogP contribution in [0, 0.1) is 6.92 Å². The van der Waals surface area contributed by atoms with Gasteiger partial charge in [0, 0.05) is 36.4 Å². The predicted octanol–water partition coefficient (Wildman–Crippen LogP) is 4.36. The smallest absolute Gasteiger partial charge is 0.324 e. The summed E-state index contributed by atoms with van der Waals surface area (Å²) in [7, 11) is 0. The topological polar surface area (TPSA) is 52.6 Å². The minimum Gasteiger partial charge on any atom is -0.347 e. The zero-order valence-electron chi connectivity index (χ0n) is 17.2. The van der Waals surface area contributed by atoms with E-state index >= 15 is 0 Å². The van der Waals surface area contributed by atoms with E-state index in [-0.39, 0.29) is 17.5 Å². The van der Waals surface area contributed by atoms with Crippen molar-refractivity contribution in [3.05, 3.63) is 65.2 Å². The van der Waals surface area contributed by atoms with E-state index in [0.29, 0.717) is 18.7 Å². The largest absolute Gasteiger partial charge is 0.347 e. The minimum absolute atomic E-state index is 0.0127. The number of amides is 3. The first-order chi connectivity index (χ1) is 13.2. The molecule has 0 saturated carbocycles. The zero-order chi connectivity index (χ0) is 20.3. The Hall–Kier alpha value is -2.82. The van der Waals surface area contributed by atoms with Gasteiger partial charge in [0.2, 0.25) is 0 Å². The first-order valence-corrected chi connectivity index (χ1v) is 9.77. The van der Waals surface area contributed by atoms with Crippen molar-refractivity contribution in [2.45, 2.75) is 46.2 Å². The molecule has 1 aliphatic rings. The van der Waals surface area contributed by atoms with Crippen LogP contribution >= 0.6 is 0 Å². The second kappa shape index (κ2) is 8.05. The Morgan fingerprint density at radius 3 is 2.25 bits per heavy atom. The summed E-state index contributed by atoms with van der Waals surface area (Å²) in [6.45, 7) is 9.98. The third-order valence-electron chi connectivity index (χ3n) is 4.73. The number of carbonyl (C=O) groups is 2. The molecule has 1 aliphatic heterocycles. The fraction of sp³-hybridized carbons (Fsp3) is 0.391. The van der Waals surface area contributed by atoms with Crippen LogP contribution in [-0.2, 0) is 6.54 Å². The number of nitrogens with zero attached hydrogens (tertiary/aromatic N) is 2. The molecule has 1 N–H and O–H groups in total. The van der Waals surface area contributed by atoms with Crippen LogP contribution in [0.1, 0.15) is 48.7 Å². The van der Waals surface area contributed by atoms with Gasteiger partial charge in [-0.05, 0) is 63.9 Å². The van der Waals surface area contributed by atoms with E-state index < -0.39 is 0 Å². The molecule has 1 saturated heterocycles. The van der Waals surface area contributed by atoms with Gasteiger partial charge >= 0.3 is 6.03 Å². The fourth-order valence-electron chi connectivity index (χ4n) is 3.29. The molecule has 148 valence electrons. The Bertz CT molecular complexity index is 836. The second-order valence-corrected chi connectivity index (χ2v) is 8.45. The Morgan fingerprint density at radius 2 is 1.64 bits per heavy atom. The normalized spacial score (nSPS) is 14.9. The van der Waals surface area contributed by atoms with Crippen molar-refractivity contribution in [1.82, 2.24) is 10.2 Å². The maximum atomic E-state index is 13.0. The molecule has 0 bridgehead atoms. The number of rotatable bonds is 4. The van der Waals surface area contributed by atoms with Gasteiger partial charge in [-0.2, -0.15) is 0 Å². The molecule has 3 amide bonds. The molecule has 2 aromatic carbocycles. The van der Waals surface area contributed by atoms with Crippen LogP contribution in [0.15, 0.2) is 48.5 Å². The fourth-order valence-corrected chi connectivity index (χ4v) is 3.29. The average molecular weight is 380 g/mol. The van der Waals surface area contributed by atoms with E-state index in [1.807, 2.05) is 37.8 Å². The molecule has 1 heterocycles. The lowest BCUT2D eigenvalue weighted by molar-refractivity contribution is 0.0919. The van der Waals surface area contributed by atoms with Gasteiger partial charge in [-0.3, -0.25) is 9.69 Å². The molecule has 5 nitrogen and oxygen atoms in total. The standard InChI is InChI=1S/C23H29N3O2/c1-17-6-8-18(9-7-17)16-25-14-5-15-26(22(25)28)20-12-10-19(11-13-20)21(27)24-23(2,3)4/h6-13H,5,14-16H2,1-4H3,(H,24,27). The molecular weight excluding hydrogens is 350 g/mol. The molecule has 1 fully saturated rings. The summed E-state index contributed by atoms with van der Waals surface area (Å²) in [5.74, 6) is -0.106. The first kappa shape index (κ1) is 19.9. The van der Waals surface area contributed by atoms with E-state index in [1.165, 1.54) is 5.56 Å². The highest BCUT2D eigenvalue weighted by atomic mass is 16.2. The number of aryl methyl sites for hydroxylation is 1. The first-order valence-electron chi connectivity index (χ1n) is 9.77. The Morgan fingerprint density at radius 1 is 1.00 bits per heavy atom. The van der Waals surface area contributed by atoms with E-state index in [1.54, 1.807) is 17.0 Å². The van der Waals surface area contributed by atoms with Gasteiger partial charge in [0.15, 0.2) is 0 Å². The van der Waals surface area contributed by atoms with Crippen LogP contribution in [0.2, 0.25) is 0 Å². The Kier molecular flexibility index (Phi) is 5.73. The van der Waals surface area contributed by atoms with E-state index in [0.717, 1.165) is 24.2 Å². The van der Waals surface area contributed by atoms with Crippen LogP contribution in [0.25, 0.3) is 0 Å². The average Bonchev–Trinajstić information content (AvgIpc) is 2.64. The van der Waals surface area contributed by atoms with Crippen molar-refractivity contribution < 1.29 is 9.59 Å². The summed E-state index contributed by atoms with van der Waals surface area (Å²) in [5, 5.41) is 2.95. The summed E-state index contributed by atoms with van der Waals surface area (Å²) in [5.41, 5.74) is 3.49. The molecule has 0 spiro atoms. The summed E-state index contributed by atoms with van der Waals surface area (Å²) >= 11 is 0. The highest BCUT2D eigenvalue weighted by Crippen LogP contribution is 2.22. The number of anilines is 1. The third kappa shape index (κ3) is 4.91. The number of hydrogen-bond acceptors (Lipinski definition) is 2. The van der Waals surface area contributed by atoms with E-state index in [4.69, 9.17) is 0 Å². The molecule has 0 radical (unpaired) electrons. The maximum Gasteiger partial charge on any atom is 0.324 e. The lowest BCUT2D eigenvalue weighted by atomic mass is 10.1. The second-order valence-electron chi connectivity index (χ2n) is 8.45. The zero-order valence-corrected chi connectivity index (χ0v) is 17.2. The quantitative estimate of drug-likeness (QED) is 0.858. The Balaban J connectivity index is 1.69. The van der Waals surface area contributed by atoms with Crippen molar-refractivity contribution >= 4 is 17.6 Å². The molecule has 0 atom stereocenters. The van der Waals surface area contributed by atoms with Crippen LogP contribution < -0.4 is 10.2 Å². The monoisotopic (exact) mass is 379 g/mol. The SMILES string of the molecule is Cc1ccc(CN2CCCN(c3ccc(C(=O)NC(C)(C)C)cc3)C2=O)cc1. The van der Waals surface area contributed by atoms with Gasteiger partial charge in [0.25, 0.3) is 5.91 Å². The highest BCUT2D eigenvalue weighted by molar-refractivity contribution is 5.96. The van der Waals surface area contributed by atoms with E-state index in [9.17, 15) is 9.59 Å². The number of nitrogens with one attached hydrogen (secondary N) is 1. The minimum atomic E-state index is -0.283. The molecule has 5 heteroatoms. The summed E-state index contributed by atoms with van der Waals surface area (Å²) in [6, 6.07) is 15.6. The third-order valence-corrected chi connectivity index (χ3v) is 4.73. The van der Waals surface area contributed by atoms with Crippen LogP contribution in [-0.4, -0.2) is 35.5 Å². The summed E-state index contributed by atoms with van der Waals surface area (Å²) in [4.78, 5) is 28.9.